The van der Waals surface area contributed by atoms with Gasteiger partial charge < -0.3 is 20.1 Å². The average Bonchev–Trinajstić information content (AvgIpc) is 2.35. The highest BCUT2D eigenvalue weighted by molar-refractivity contribution is 5.78. The van der Waals surface area contributed by atoms with Crippen molar-refractivity contribution in [3.8, 4) is 0 Å². The van der Waals surface area contributed by atoms with Crippen LogP contribution in [-0.2, 0) is 9.47 Å². The van der Waals surface area contributed by atoms with Gasteiger partial charge >= 0.3 is 0 Å². The highest BCUT2D eigenvalue weighted by atomic mass is 16.5. The minimum Gasteiger partial charge on any atom is -0.378 e. The van der Waals surface area contributed by atoms with Crippen LogP contribution in [0.5, 0.6) is 0 Å². The first kappa shape index (κ1) is 14.1. The lowest BCUT2D eigenvalue weighted by atomic mass is 9.51. The number of nitrogens with two attached hydrogens (primary N) is 1. The van der Waals surface area contributed by atoms with Crippen LogP contribution >= 0.6 is 0 Å². The molecule has 2 N–H and O–H groups in total. The third kappa shape index (κ3) is 2.31. The van der Waals surface area contributed by atoms with E-state index < -0.39 is 0 Å². The first-order valence-electron chi connectivity index (χ1n) is 7.97. The first-order valence-corrected chi connectivity index (χ1v) is 7.97. The van der Waals surface area contributed by atoms with Gasteiger partial charge in [0.05, 0.1) is 24.9 Å². The lowest BCUT2D eigenvalue weighted by molar-refractivity contribution is -0.162. The Morgan fingerprint density at radius 3 is 2.90 bits per heavy atom. The number of ether oxygens (including phenoxy) is 2. The highest BCUT2D eigenvalue weighted by Crippen LogP contribution is 2.58. The van der Waals surface area contributed by atoms with Crippen molar-refractivity contribution in [1.29, 1.82) is 0 Å². The second kappa shape index (κ2) is 5.53. The number of nitrogens with zero attached hydrogens (tertiary/aromatic N) is 2. The maximum absolute atomic E-state index is 6.22. The number of rotatable bonds is 3. The average molecular weight is 281 g/mol. The topological polar surface area (TPSA) is 60.1 Å². The lowest BCUT2D eigenvalue weighted by Gasteiger charge is -2.59. The fourth-order valence-corrected chi connectivity index (χ4v) is 3.85. The van der Waals surface area contributed by atoms with E-state index in [2.05, 4.69) is 18.7 Å². The van der Waals surface area contributed by atoms with Gasteiger partial charge in [-0.15, -0.1) is 0 Å². The summed E-state index contributed by atoms with van der Waals surface area (Å²) >= 11 is 0. The molecular weight excluding hydrogens is 254 g/mol. The summed E-state index contributed by atoms with van der Waals surface area (Å²) in [6.45, 7) is 7.42. The molecule has 1 saturated heterocycles. The Labute approximate surface area is 121 Å². The smallest absolute Gasteiger partial charge is 0.191 e. The van der Waals surface area contributed by atoms with E-state index in [0.717, 1.165) is 32.7 Å². The van der Waals surface area contributed by atoms with Gasteiger partial charge in [-0.2, -0.15) is 0 Å². The molecule has 114 valence electrons. The second-order valence-electron chi connectivity index (χ2n) is 6.40. The van der Waals surface area contributed by atoms with Gasteiger partial charge in [0.2, 0.25) is 0 Å². The van der Waals surface area contributed by atoms with Crippen molar-refractivity contribution >= 4 is 5.96 Å². The van der Waals surface area contributed by atoms with Gasteiger partial charge in [0.25, 0.3) is 0 Å². The quantitative estimate of drug-likeness (QED) is 0.627. The Kier molecular flexibility index (Phi) is 3.91. The van der Waals surface area contributed by atoms with Crippen LogP contribution in [0.15, 0.2) is 4.99 Å². The predicted molar refractivity (Wildman–Crippen MR) is 78.7 cm³/mol. The van der Waals surface area contributed by atoms with Crippen LogP contribution in [0, 0.1) is 5.41 Å². The Hall–Kier alpha value is -0.810. The third-order valence-corrected chi connectivity index (χ3v) is 5.25. The lowest BCUT2D eigenvalue weighted by Crippen LogP contribution is -2.62. The fourth-order valence-electron chi connectivity index (χ4n) is 3.85. The van der Waals surface area contributed by atoms with E-state index >= 15 is 0 Å². The molecule has 3 fully saturated rings. The summed E-state index contributed by atoms with van der Waals surface area (Å²) in [4.78, 5) is 6.99. The summed E-state index contributed by atoms with van der Waals surface area (Å²) in [6, 6.07) is 0.367. The minimum absolute atomic E-state index is 0.243. The van der Waals surface area contributed by atoms with Crippen molar-refractivity contribution in [1.82, 2.24) is 4.90 Å². The SMILES string of the molecule is CCOC1CC(N=C(N)N2CCOC(C)C2)C12CCC2. The fraction of sp³-hybridized carbons (Fsp3) is 0.933. The molecule has 5 nitrogen and oxygen atoms in total. The van der Waals surface area contributed by atoms with Crippen LogP contribution in [0.25, 0.3) is 0 Å². The molecule has 0 aromatic carbocycles. The summed E-state index contributed by atoms with van der Waals surface area (Å²) in [5, 5.41) is 0. The van der Waals surface area contributed by atoms with E-state index in [1.807, 2.05) is 0 Å². The molecule has 1 aliphatic heterocycles. The molecule has 2 saturated carbocycles. The van der Waals surface area contributed by atoms with Crippen molar-refractivity contribution in [3.63, 3.8) is 0 Å². The van der Waals surface area contributed by atoms with Gasteiger partial charge in [-0.25, -0.2) is 4.99 Å². The predicted octanol–water partition coefficient (Wildman–Crippen LogP) is 1.37. The van der Waals surface area contributed by atoms with Crippen LogP contribution in [-0.4, -0.2) is 55.4 Å². The van der Waals surface area contributed by atoms with Crippen molar-refractivity contribution < 1.29 is 9.47 Å². The molecule has 3 aliphatic rings. The summed E-state index contributed by atoms with van der Waals surface area (Å²) < 4.78 is 11.4. The first-order chi connectivity index (χ1) is 9.65. The molecule has 1 spiro atoms. The standard InChI is InChI=1S/C15H27N3O2/c1-3-19-13-9-12(15(13)5-4-6-15)17-14(16)18-7-8-20-11(2)10-18/h11-13H,3-10H2,1-2H3,(H2,16,17). The zero-order valence-electron chi connectivity index (χ0n) is 12.7. The van der Waals surface area contributed by atoms with E-state index in [0.29, 0.717) is 23.5 Å². The normalized spacial score (nSPS) is 36.6. The Morgan fingerprint density at radius 1 is 1.50 bits per heavy atom. The number of guanidine groups is 1. The van der Waals surface area contributed by atoms with Gasteiger partial charge in [-0.1, -0.05) is 6.42 Å². The van der Waals surface area contributed by atoms with Crippen LogP contribution < -0.4 is 5.73 Å². The molecule has 2 aliphatic carbocycles. The van der Waals surface area contributed by atoms with Crippen LogP contribution in [0.1, 0.15) is 39.5 Å². The van der Waals surface area contributed by atoms with Crippen LogP contribution in [0.4, 0.5) is 0 Å². The molecule has 5 heteroatoms. The molecule has 20 heavy (non-hydrogen) atoms. The summed E-state index contributed by atoms with van der Waals surface area (Å²) in [5.41, 5.74) is 6.52. The Bertz CT molecular complexity index is 381. The summed E-state index contributed by atoms with van der Waals surface area (Å²) in [7, 11) is 0. The van der Waals surface area contributed by atoms with E-state index in [1.54, 1.807) is 0 Å². The second-order valence-corrected chi connectivity index (χ2v) is 6.40. The van der Waals surface area contributed by atoms with Crippen molar-refractivity contribution in [3.05, 3.63) is 0 Å². The zero-order chi connectivity index (χ0) is 14.2. The molecule has 3 rings (SSSR count). The number of hydrogen-bond donors (Lipinski definition) is 1. The van der Waals surface area contributed by atoms with Crippen molar-refractivity contribution in [2.24, 2.45) is 16.1 Å². The molecular formula is C15H27N3O2. The summed E-state index contributed by atoms with van der Waals surface area (Å²) in [5.74, 6) is 0.700. The van der Waals surface area contributed by atoms with Gasteiger partial charge in [-0.05, 0) is 33.1 Å². The van der Waals surface area contributed by atoms with Gasteiger partial charge in [0.15, 0.2) is 5.96 Å². The Morgan fingerprint density at radius 2 is 2.30 bits per heavy atom. The molecule has 0 aromatic heterocycles. The summed E-state index contributed by atoms with van der Waals surface area (Å²) in [6.07, 6.45) is 5.50. The van der Waals surface area contributed by atoms with Gasteiger partial charge in [0.1, 0.15) is 0 Å². The van der Waals surface area contributed by atoms with Crippen LogP contribution in [0.2, 0.25) is 0 Å². The van der Waals surface area contributed by atoms with Crippen molar-refractivity contribution in [2.75, 3.05) is 26.3 Å². The maximum Gasteiger partial charge on any atom is 0.191 e. The maximum atomic E-state index is 6.22. The largest absolute Gasteiger partial charge is 0.378 e. The van der Waals surface area contributed by atoms with E-state index in [-0.39, 0.29) is 6.10 Å². The number of hydrogen-bond acceptors (Lipinski definition) is 3. The van der Waals surface area contributed by atoms with E-state index in [1.165, 1.54) is 19.3 Å². The van der Waals surface area contributed by atoms with Gasteiger partial charge in [0, 0.05) is 25.1 Å². The molecule has 0 aromatic rings. The minimum atomic E-state index is 0.243. The molecule has 0 radical (unpaired) electrons. The number of morpholine rings is 1. The monoisotopic (exact) mass is 281 g/mol. The van der Waals surface area contributed by atoms with Crippen LogP contribution in [0.3, 0.4) is 0 Å². The van der Waals surface area contributed by atoms with Crippen molar-refractivity contribution in [2.45, 2.75) is 57.8 Å². The molecule has 0 amide bonds. The third-order valence-electron chi connectivity index (χ3n) is 5.25. The molecule has 0 bridgehead atoms. The Balaban J connectivity index is 1.63. The van der Waals surface area contributed by atoms with Gasteiger partial charge in [-0.3, -0.25) is 0 Å². The molecule has 3 unspecified atom stereocenters. The number of aliphatic imine (C=N–C) groups is 1. The molecule has 3 atom stereocenters. The highest BCUT2D eigenvalue weighted by Gasteiger charge is 2.59. The van der Waals surface area contributed by atoms with E-state index in [9.17, 15) is 0 Å². The zero-order valence-corrected chi connectivity index (χ0v) is 12.7. The molecule has 1 heterocycles. The van der Waals surface area contributed by atoms with E-state index in [4.69, 9.17) is 20.2 Å².